The van der Waals surface area contributed by atoms with Crippen LogP contribution in [0.4, 0.5) is 0 Å². The summed E-state index contributed by atoms with van der Waals surface area (Å²) in [5, 5.41) is 40.2. The zero-order valence-electron chi connectivity index (χ0n) is 16.1. The van der Waals surface area contributed by atoms with Gasteiger partial charge in [0.15, 0.2) is 6.23 Å². The highest BCUT2D eigenvalue weighted by atomic mass is 32.1. The first-order valence-electron chi connectivity index (χ1n) is 9.39. The fourth-order valence-corrected chi connectivity index (χ4v) is 4.01. The highest BCUT2D eigenvalue weighted by Gasteiger charge is 2.44. The molecule has 3 N–H and O–H groups in total. The van der Waals surface area contributed by atoms with E-state index in [0.29, 0.717) is 17.0 Å². The van der Waals surface area contributed by atoms with Gasteiger partial charge in [0.05, 0.1) is 24.1 Å². The molecule has 0 saturated carbocycles. The predicted molar refractivity (Wildman–Crippen MR) is 111 cm³/mol. The third-order valence-corrected chi connectivity index (χ3v) is 5.66. The lowest BCUT2D eigenvalue weighted by molar-refractivity contribution is -0.0527. The highest BCUT2D eigenvalue weighted by Crippen LogP contribution is 2.37. The predicted octanol–water partition coefficient (Wildman–Crippen LogP) is 2.94. The molecule has 3 aromatic rings. The van der Waals surface area contributed by atoms with Crippen molar-refractivity contribution in [1.29, 1.82) is 5.26 Å². The van der Waals surface area contributed by atoms with E-state index in [1.807, 2.05) is 31.2 Å². The molecular weight excluding hydrogens is 404 g/mol. The Bertz CT molecular complexity index is 1150. The van der Waals surface area contributed by atoms with E-state index in [0.717, 1.165) is 11.1 Å². The van der Waals surface area contributed by atoms with Crippen LogP contribution in [0, 0.1) is 22.9 Å². The third-order valence-electron chi connectivity index (χ3n) is 5.26. The van der Waals surface area contributed by atoms with Gasteiger partial charge in [-0.15, -0.1) is 0 Å². The maximum atomic E-state index is 10.6. The molecule has 4 atom stereocenters. The van der Waals surface area contributed by atoms with Crippen molar-refractivity contribution >= 4 is 12.2 Å². The molecule has 2 aromatic heterocycles. The minimum Gasteiger partial charge on any atom is -0.464 e. The van der Waals surface area contributed by atoms with E-state index in [2.05, 4.69) is 6.07 Å². The van der Waals surface area contributed by atoms with Crippen molar-refractivity contribution in [2.45, 2.75) is 31.5 Å². The second-order valence-corrected chi connectivity index (χ2v) is 7.56. The molecule has 154 valence electrons. The molecule has 1 saturated heterocycles. The van der Waals surface area contributed by atoms with E-state index in [9.17, 15) is 20.6 Å². The molecule has 1 aromatic carbocycles. The van der Waals surface area contributed by atoms with Gasteiger partial charge in [-0.1, -0.05) is 42.0 Å². The van der Waals surface area contributed by atoms with Crippen LogP contribution in [0.3, 0.4) is 0 Å². The van der Waals surface area contributed by atoms with E-state index >= 15 is 0 Å². The number of furan rings is 1. The van der Waals surface area contributed by atoms with Crippen LogP contribution in [-0.2, 0) is 4.74 Å². The van der Waals surface area contributed by atoms with Crippen molar-refractivity contribution < 1.29 is 24.5 Å². The van der Waals surface area contributed by atoms with E-state index < -0.39 is 31.1 Å². The number of rotatable bonds is 4. The normalized spacial score (nSPS) is 23.4. The first-order valence-corrected chi connectivity index (χ1v) is 9.80. The molecule has 30 heavy (non-hydrogen) atoms. The van der Waals surface area contributed by atoms with Crippen molar-refractivity contribution in [3.05, 3.63) is 64.5 Å². The van der Waals surface area contributed by atoms with Gasteiger partial charge in [0, 0.05) is 5.56 Å². The number of nitrogens with zero attached hydrogens (tertiary/aromatic N) is 2. The lowest BCUT2D eigenvalue weighted by Crippen LogP contribution is -2.33. The minimum atomic E-state index is -1.33. The lowest BCUT2D eigenvalue weighted by atomic mass is 10.0. The number of aromatic nitrogens is 1. The molecule has 8 heteroatoms. The van der Waals surface area contributed by atoms with Crippen molar-refractivity contribution in [1.82, 2.24) is 4.57 Å². The molecule has 0 bridgehead atoms. The van der Waals surface area contributed by atoms with Crippen LogP contribution in [0.15, 0.2) is 53.1 Å². The number of aryl methyl sites for hydroxylation is 1. The van der Waals surface area contributed by atoms with Gasteiger partial charge in [-0.25, -0.2) is 0 Å². The van der Waals surface area contributed by atoms with Crippen LogP contribution in [0.25, 0.3) is 22.6 Å². The number of aliphatic hydroxyl groups is 3. The van der Waals surface area contributed by atoms with Gasteiger partial charge in [-0.05, 0) is 30.7 Å². The molecule has 4 rings (SSSR count). The van der Waals surface area contributed by atoms with E-state index in [1.165, 1.54) is 10.8 Å². The fourth-order valence-electron chi connectivity index (χ4n) is 3.65. The number of benzene rings is 1. The maximum absolute atomic E-state index is 10.6. The Balaban J connectivity index is 2.00. The standard InChI is InChI=1S/C22H20N2O5S/c1-12-4-6-13(7-5-12)16-9-14(17-3-2-8-28-17)15(10-23)22(30)24(16)21-20(27)19(26)18(11-25)29-21/h2-9,18-21,25-27H,11H2,1H3/t18-,19-,20-,21-/m1/s1. The van der Waals surface area contributed by atoms with Crippen molar-refractivity contribution in [3.63, 3.8) is 0 Å². The highest BCUT2D eigenvalue weighted by molar-refractivity contribution is 7.71. The van der Waals surface area contributed by atoms with Crippen molar-refractivity contribution in [2.24, 2.45) is 0 Å². The van der Waals surface area contributed by atoms with Gasteiger partial charge < -0.3 is 29.0 Å². The number of pyridine rings is 1. The SMILES string of the molecule is Cc1ccc(-c2cc(-c3ccco3)c(C#N)c(=S)n2[C@@H]2O[C@H](CO)[C@@H](O)[C@H]2O)cc1. The average Bonchev–Trinajstić information content (AvgIpc) is 3.37. The Morgan fingerprint density at radius 1 is 1.17 bits per heavy atom. The summed E-state index contributed by atoms with van der Waals surface area (Å²) in [5.41, 5.74) is 3.14. The zero-order valence-corrected chi connectivity index (χ0v) is 16.9. The topological polar surface area (TPSA) is 112 Å². The molecule has 3 heterocycles. The van der Waals surface area contributed by atoms with Crippen LogP contribution < -0.4 is 0 Å². The molecule has 7 nitrogen and oxygen atoms in total. The van der Waals surface area contributed by atoms with Crippen LogP contribution in [0.5, 0.6) is 0 Å². The van der Waals surface area contributed by atoms with Crippen molar-refractivity contribution in [2.75, 3.05) is 6.61 Å². The summed E-state index contributed by atoms with van der Waals surface area (Å²) in [7, 11) is 0. The fraction of sp³-hybridized carbons (Fsp3) is 0.273. The number of hydrogen-bond donors (Lipinski definition) is 3. The van der Waals surface area contributed by atoms with Gasteiger partial charge >= 0.3 is 0 Å². The Morgan fingerprint density at radius 2 is 1.90 bits per heavy atom. The summed E-state index contributed by atoms with van der Waals surface area (Å²) < 4.78 is 12.9. The molecule has 0 aliphatic carbocycles. The van der Waals surface area contributed by atoms with Crippen LogP contribution in [0.1, 0.15) is 17.4 Å². The number of nitriles is 1. The Morgan fingerprint density at radius 3 is 2.47 bits per heavy atom. The molecule has 1 aliphatic rings. The van der Waals surface area contributed by atoms with E-state index in [-0.39, 0.29) is 10.2 Å². The maximum Gasteiger partial charge on any atom is 0.164 e. The van der Waals surface area contributed by atoms with Crippen LogP contribution in [-0.4, -0.2) is 44.8 Å². The molecule has 0 spiro atoms. The molecule has 0 radical (unpaired) electrons. The van der Waals surface area contributed by atoms with Gasteiger partial charge in [0.1, 0.15) is 34.8 Å². The summed E-state index contributed by atoms with van der Waals surface area (Å²) >= 11 is 5.63. The van der Waals surface area contributed by atoms with E-state index in [1.54, 1.807) is 18.2 Å². The first kappa shape index (κ1) is 20.5. The molecule has 1 aliphatic heterocycles. The number of ether oxygens (including phenoxy) is 1. The summed E-state index contributed by atoms with van der Waals surface area (Å²) in [6.45, 7) is 1.51. The second-order valence-electron chi connectivity index (χ2n) is 7.18. The Kier molecular flexibility index (Phi) is 5.56. The van der Waals surface area contributed by atoms with Gasteiger partial charge in [0.25, 0.3) is 0 Å². The van der Waals surface area contributed by atoms with E-state index in [4.69, 9.17) is 21.4 Å². The molecule has 0 unspecified atom stereocenters. The molecule has 1 fully saturated rings. The Labute approximate surface area is 178 Å². The summed E-state index contributed by atoms with van der Waals surface area (Å²) in [4.78, 5) is 0. The Hall–Kier alpha value is -2.80. The third kappa shape index (κ3) is 3.37. The van der Waals surface area contributed by atoms with Crippen LogP contribution in [0.2, 0.25) is 0 Å². The van der Waals surface area contributed by atoms with Gasteiger partial charge in [-0.2, -0.15) is 5.26 Å². The zero-order chi connectivity index (χ0) is 21.4. The number of hydrogen-bond acceptors (Lipinski definition) is 7. The van der Waals surface area contributed by atoms with Gasteiger partial charge in [0.2, 0.25) is 0 Å². The lowest BCUT2D eigenvalue weighted by Gasteiger charge is -2.24. The van der Waals surface area contributed by atoms with Crippen LogP contribution >= 0.6 is 12.2 Å². The summed E-state index contributed by atoms with van der Waals surface area (Å²) in [6.07, 6.45) is -3.15. The molecule has 0 amide bonds. The molecular formula is C22H20N2O5S. The van der Waals surface area contributed by atoms with Crippen molar-refractivity contribution in [3.8, 4) is 28.7 Å². The largest absolute Gasteiger partial charge is 0.464 e. The monoisotopic (exact) mass is 424 g/mol. The quantitative estimate of drug-likeness (QED) is 0.552. The average molecular weight is 424 g/mol. The number of aliphatic hydroxyl groups excluding tert-OH is 3. The second kappa shape index (κ2) is 8.14. The van der Waals surface area contributed by atoms with Gasteiger partial charge in [-0.3, -0.25) is 0 Å². The summed E-state index contributed by atoms with van der Waals surface area (Å²) in [5.74, 6) is 0.485. The minimum absolute atomic E-state index is 0.136. The first-order chi connectivity index (χ1) is 14.5. The smallest absolute Gasteiger partial charge is 0.164 e. The summed E-state index contributed by atoms with van der Waals surface area (Å²) in [6, 6.07) is 15.0.